The fraction of sp³-hybridized carbons (Fsp3) is 0.0400. The van der Waals surface area contributed by atoms with Crippen molar-refractivity contribution in [1.82, 2.24) is 15.2 Å². The van der Waals surface area contributed by atoms with Gasteiger partial charge in [0.15, 0.2) is 0 Å². The summed E-state index contributed by atoms with van der Waals surface area (Å²) in [6, 6.07) is 61.9. The van der Waals surface area contributed by atoms with Crippen LogP contribution in [0.25, 0.3) is 55.4 Å². The number of hydrogen-bond donors (Lipinski definition) is 2. The van der Waals surface area contributed by atoms with Gasteiger partial charge in [-0.2, -0.15) is 0 Å². The third-order valence-corrected chi connectivity index (χ3v) is 11.2. The predicted octanol–water partition coefficient (Wildman–Crippen LogP) is 12.0. The molecule has 3 heterocycles. The molecule has 2 N–H and O–H groups in total. The van der Waals surface area contributed by atoms with Crippen LogP contribution < -0.4 is 15.5 Å². The highest BCUT2D eigenvalue weighted by Gasteiger charge is 2.32. The van der Waals surface area contributed by atoms with Gasteiger partial charge >= 0.3 is 0 Å². The minimum atomic E-state index is -0.0964. The summed E-state index contributed by atoms with van der Waals surface area (Å²) in [6.45, 7) is 0. The van der Waals surface area contributed by atoms with Crippen LogP contribution in [0, 0.1) is 0 Å². The number of aromatic nitrogens is 1. The predicted molar refractivity (Wildman–Crippen MR) is 224 cm³/mol. The van der Waals surface area contributed by atoms with Crippen molar-refractivity contribution in [3.05, 3.63) is 211 Å². The molecule has 0 saturated heterocycles. The van der Waals surface area contributed by atoms with Gasteiger partial charge in [0, 0.05) is 39.1 Å². The molecule has 0 bridgehead atoms. The van der Waals surface area contributed by atoms with Gasteiger partial charge in [0.2, 0.25) is 0 Å². The Morgan fingerprint density at radius 2 is 1.28 bits per heavy atom. The van der Waals surface area contributed by atoms with Crippen LogP contribution in [0.2, 0.25) is 0 Å². The van der Waals surface area contributed by atoms with Gasteiger partial charge in [0.25, 0.3) is 0 Å². The van der Waals surface area contributed by atoms with Crippen molar-refractivity contribution in [3.63, 3.8) is 0 Å². The average Bonchev–Trinajstić information content (AvgIpc) is 3.52. The Morgan fingerprint density at radius 1 is 0.537 bits per heavy atom. The number of benzene rings is 7. The van der Waals surface area contributed by atoms with Gasteiger partial charge in [-0.3, -0.25) is 5.32 Å². The van der Waals surface area contributed by atoms with E-state index >= 15 is 0 Å². The summed E-state index contributed by atoms with van der Waals surface area (Å²) in [6.07, 6.45) is 8.64. The van der Waals surface area contributed by atoms with Crippen LogP contribution in [0.4, 0.5) is 17.1 Å². The largest absolute Gasteiger partial charge is 0.365 e. The Kier molecular flexibility index (Phi) is 7.04. The maximum atomic E-state index is 3.90. The zero-order valence-electron chi connectivity index (χ0n) is 29.5. The van der Waals surface area contributed by atoms with E-state index in [-0.39, 0.29) is 12.2 Å². The van der Waals surface area contributed by atoms with Gasteiger partial charge in [-0.1, -0.05) is 152 Å². The first-order valence-corrected chi connectivity index (χ1v) is 18.7. The highest BCUT2D eigenvalue weighted by Crippen LogP contribution is 2.54. The normalized spacial score (nSPS) is 17.1. The van der Waals surface area contributed by atoms with Crippen LogP contribution in [0.3, 0.4) is 0 Å². The molecule has 11 rings (SSSR count). The second-order valence-electron chi connectivity index (χ2n) is 14.2. The fourth-order valence-electron chi connectivity index (χ4n) is 8.76. The number of nitrogens with zero attached hydrogens (tertiary/aromatic N) is 2. The highest BCUT2D eigenvalue weighted by molar-refractivity contribution is 6.13. The third kappa shape index (κ3) is 4.81. The molecule has 8 aromatic rings. The molecule has 2 aliphatic heterocycles. The Morgan fingerprint density at radius 3 is 2.17 bits per heavy atom. The van der Waals surface area contributed by atoms with Gasteiger partial charge in [-0.05, 0) is 69.9 Å². The molecule has 0 spiro atoms. The lowest BCUT2D eigenvalue weighted by molar-refractivity contribution is 0.460. The summed E-state index contributed by atoms with van der Waals surface area (Å²) in [5.41, 5.74) is 15.4. The number of allylic oxidation sites excluding steroid dienone is 2. The lowest BCUT2D eigenvalue weighted by Gasteiger charge is -2.36. The Balaban J connectivity index is 1.11. The zero-order valence-corrected chi connectivity index (χ0v) is 29.5. The van der Waals surface area contributed by atoms with E-state index in [1.165, 1.54) is 60.8 Å². The molecule has 4 heteroatoms. The van der Waals surface area contributed by atoms with Crippen LogP contribution in [-0.4, -0.2) is 10.6 Å². The van der Waals surface area contributed by atoms with Crippen molar-refractivity contribution in [2.24, 2.45) is 0 Å². The van der Waals surface area contributed by atoms with Gasteiger partial charge in [-0.25, -0.2) is 0 Å². The van der Waals surface area contributed by atoms with E-state index in [0.29, 0.717) is 0 Å². The minimum Gasteiger partial charge on any atom is -0.365 e. The Hall–Kier alpha value is -6.88. The van der Waals surface area contributed by atoms with Gasteiger partial charge in [-0.15, -0.1) is 0 Å². The van der Waals surface area contributed by atoms with Gasteiger partial charge < -0.3 is 14.8 Å². The molecule has 3 aliphatic rings. The average molecular weight is 693 g/mol. The SMILES string of the molecule is C1=CC2=C(c3ccccc3)NC(c3cccc(N4c5ccccc5-c5c(n(-c6ccc7ccccc7c6)c6ccccc56)-c5ccccc54)c3)NC2C=C1. The van der Waals surface area contributed by atoms with Crippen molar-refractivity contribution < 1.29 is 0 Å². The number of fused-ring (bicyclic) bond motifs is 9. The van der Waals surface area contributed by atoms with Gasteiger partial charge in [0.1, 0.15) is 6.17 Å². The fourth-order valence-corrected chi connectivity index (χ4v) is 8.76. The summed E-state index contributed by atoms with van der Waals surface area (Å²) in [5, 5.41) is 11.5. The number of rotatable bonds is 4. The van der Waals surface area contributed by atoms with E-state index in [4.69, 9.17) is 0 Å². The third-order valence-electron chi connectivity index (χ3n) is 11.2. The molecule has 0 radical (unpaired) electrons. The first-order valence-electron chi connectivity index (χ1n) is 18.7. The molecule has 1 aliphatic carbocycles. The van der Waals surface area contributed by atoms with Crippen LogP contribution in [0.1, 0.15) is 17.3 Å². The smallest absolute Gasteiger partial charge is 0.104 e. The molecule has 0 amide bonds. The molecular weight excluding hydrogens is 657 g/mol. The van der Waals surface area contributed by atoms with Crippen LogP contribution in [0.15, 0.2) is 200 Å². The van der Waals surface area contributed by atoms with Crippen molar-refractivity contribution in [2.75, 3.05) is 4.90 Å². The van der Waals surface area contributed by atoms with E-state index in [1.54, 1.807) is 0 Å². The second kappa shape index (κ2) is 12.4. The maximum Gasteiger partial charge on any atom is 0.104 e. The Bertz CT molecular complexity index is 2860. The van der Waals surface area contributed by atoms with E-state index in [9.17, 15) is 0 Å². The summed E-state index contributed by atoms with van der Waals surface area (Å²) >= 11 is 0. The number of nitrogens with one attached hydrogen (secondary N) is 2. The molecule has 256 valence electrons. The summed E-state index contributed by atoms with van der Waals surface area (Å²) in [4.78, 5) is 2.46. The van der Waals surface area contributed by atoms with Crippen molar-refractivity contribution >= 4 is 44.4 Å². The van der Waals surface area contributed by atoms with Gasteiger partial charge in [0.05, 0.1) is 28.6 Å². The molecule has 0 saturated carbocycles. The first-order chi connectivity index (χ1) is 26.8. The van der Waals surface area contributed by atoms with E-state index < -0.39 is 0 Å². The monoisotopic (exact) mass is 692 g/mol. The topological polar surface area (TPSA) is 32.2 Å². The van der Waals surface area contributed by atoms with Crippen molar-refractivity contribution in [3.8, 4) is 28.1 Å². The molecule has 1 aromatic heterocycles. The maximum absolute atomic E-state index is 3.90. The van der Waals surface area contributed by atoms with Crippen LogP contribution in [-0.2, 0) is 0 Å². The molecule has 4 nitrogen and oxygen atoms in total. The summed E-state index contributed by atoms with van der Waals surface area (Å²) < 4.78 is 2.48. The molecule has 7 aromatic carbocycles. The molecule has 2 unspecified atom stereocenters. The molecule has 54 heavy (non-hydrogen) atoms. The lowest BCUT2D eigenvalue weighted by Crippen LogP contribution is -2.45. The van der Waals surface area contributed by atoms with E-state index in [1.807, 2.05) is 0 Å². The van der Waals surface area contributed by atoms with Crippen LogP contribution >= 0.6 is 0 Å². The number of anilines is 3. The quantitative estimate of drug-likeness (QED) is 0.193. The van der Waals surface area contributed by atoms with Crippen molar-refractivity contribution in [1.29, 1.82) is 0 Å². The number of para-hydroxylation sites is 3. The van der Waals surface area contributed by atoms with Crippen molar-refractivity contribution in [2.45, 2.75) is 12.2 Å². The zero-order chi connectivity index (χ0) is 35.6. The van der Waals surface area contributed by atoms with E-state index in [0.717, 1.165) is 28.4 Å². The standard InChI is InChI=1S/C50H36N4/c1-2-16-34(17-3-1)48-39-21-6-10-25-43(39)51-50(52-48)36-19-14-20-37(32-36)53-44-26-11-7-22-40(44)47-41-23-8-12-27-45(41)54(49(47)42-24-9-13-28-46(42)53)38-30-29-33-15-4-5-18-35(33)31-38/h1-32,43,50-52H. The second-order valence-corrected chi connectivity index (χ2v) is 14.2. The summed E-state index contributed by atoms with van der Waals surface area (Å²) in [5.74, 6) is 0. The molecular formula is C50H36N4. The lowest BCUT2D eigenvalue weighted by atomic mass is 9.92. The highest BCUT2D eigenvalue weighted by atomic mass is 15.2. The Labute approximate surface area is 314 Å². The summed E-state index contributed by atoms with van der Waals surface area (Å²) in [7, 11) is 0. The molecule has 2 atom stereocenters. The number of hydrogen-bond acceptors (Lipinski definition) is 3. The minimum absolute atomic E-state index is 0.0964. The van der Waals surface area contributed by atoms with E-state index in [2.05, 4.69) is 214 Å². The first kappa shape index (κ1) is 30.7. The van der Waals surface area contributed by atoms with Crippen LogP contribution in [0.5, 0.6) is 0 Å². The molecule has 0 fully saturated rings.